The Morgan fingerprint density at radius 2 is 1.67 bits per heavy atom. The molecule has 0 saturated heterocycles. The lowest BCUT2D eigenvalue weighted by Crippen LogP contribution is -1.76. The summed E-state index contributed by atoms with van der Waals surface area (Å²) in [4.78, 5) is 5.56. The van der Waals surface area contributed by atoms with Crippen molar-refractivity contribution in [3.05, 3.63) is 78.2 Å². The van der Waals surface area contributed by atoms with E-state index in [9.17, 15) is 0 Å². The highest BCUT2D eigenvalue weighted by atomic mass is 33.5. The molecular formula is C17H13N2PS4. The quantitative estimate of drug-likeness (QED) is 0.278. The van der Waals surface area contributed by atoms with Gasteiger partial charge in [0.1, 0.15) is 3.64 Å². The van der Waals surface area contributed by atoms with Crippen LogP contribution in [0, 0.1) is 17.9 Å². The van der Waals surface area contributed by atoms with Crippen LogP contribution in [0.5, 0.6) is 0 Å². The van der Waals surface area contributed by atoms with Crippen LogP contribution in [0.3, 0.4) is 0 Å². The molecule has 1 atom stereocenters. The van der Waals surface area contributed by atoms with Crippen LogP contribution in [0.1, 0.15) is 5.56 Å². The summed E-state index contributed by atoms with van der Waals surface area (Å²) >= 11 is 11.1. The monoisotopic (exact) mass is 404 g/mol. The molecule has 2 nitrogen and oxygen atoms in total. The van der Waals surface area contributed by atoms with Gasteiger partial charge in [-0.05, 0) is 24.3 Å². The summed E-state index contributed by atoms with van der Waals surface area (Å²) in [6.07, 6.45) is 1.87. The average Bonchev–Trinajstić information content (AvgIpc) is 2.61. The fourth-order valence-corrected chi connectivity index (χ4v) is 14.3. The molecule has 2 aromatic carbocycles. The van der Waals surface area contributed by atoms with E-state index in [1.807, 2.05) is 54.6 Å². The molecule has 0 bridgehead atoms. The maximum Gasteiger partial charge on any atom is 0.187 e. The van der Waals surface area contributed by atoms with Crippen molar-refractivity contribution in [2.24, 2.45) is 0 Å². The molecule has 1 unspecified atom stereocenters. The third-order valence-corrected chi connectivity index (χ3v) is 15.7. The second-order valence-corrected chi connectivity index (χ2v) is 19.9. The highest BCUT2D eigenvalue weighted by molar-refractivity contribution is 9.23. The number of hydrogen-bond donors (Lipinski definition) is 0. The molecule has 0 aliphatic heterocycles. The molecule has 0 radical (unpaired) electrons. The van der Waals surface area contributed by atoms with Crippen molar-refractivity contribution >= 4 is 55.3 Å². The van der Waals surface area contributed by atoms with Crippen molar-refractivity contribution in [3.63, 3.8) is 0 Å². The molecule has 120 valence electrons. The predicted octanol–water partition coefficient (Wildman–Crippen LogP) is 7.14. The molecule has 0 aromatic heterocycles. The van der Waals surface area contributed by atoms with Crippen molar-refractivity contribution in [2.75, 3.05) is 5.75 Å². The van der Waals surface area contributed by atoms with Gasteiger partial charge in [0.15, 0.2) is 5.69 Å². The second-order valence-electron chi connectivity index (χ2n) is 4.46. The predicted molar refractivity (Wildman–Crippen MR) is 113 cm³/mol. The van der Waals surface area contributed by atoms with Crippen LogP contribution in [-0.2, 0) is 11.8 Å². The number of nitrogens with zero attached hydrogens (tertiary/aromatic N) is 2. The molecule has 2 rings (SSSR count). The Labute approximate surface area is 159 Å². The van der Waals surface area contributed by atoms with E-state index in [-0.39, 0.29) is 0 Å². The normalized spacial score (nSPS) is 12.6. The van der Waals surface area contributed by atoms with E-state index < -0.39 is 3.64 Å². The summed E-state index contributed by atoms with van der Waals surface area (Å²) in [5.41, 5.74) is 1.28. The highest BCUT2D eigenvalue weighted by Gasteiger charge is 2.21. The van der Waals surface area contributed by atoms with Crippen molar-refractivity contribution in [3.8, 4) is 6.07 Å². The van der Waals surface area contributed by atoms with Gasteiger partial charge in [-0.2, -0.15) is 5.26 Å². The third kappa shape index (κ3) is 5.74. The summed E-state index contributed by atoms with van der Waals surface area (Å²) in [6, 6.07) is 17.2. The maximum absolute atomic E-state index is 8.90. The van der Waals surface area contributed by atoms with Crippen LogP contribution in [0.25, 0.3) is 4.85 Å². The molecule has 0 saturated carbocycles. The standard InChI is InChI=1S/C17H13N2PS4/c1-3-12-22-20(21,23-16-8-4-14(13-18)5-9-16)24-17-10-6-15(19-2)7-11-17/h3-11H,1,12H2. The van der Waals surface area contributed by atoms with Crippen LogP contribution in [-0.4, -0.2) is 5.75 Å². The van der Waals surface area contributed by atoms with E-state index in [0.29, 0.717) is 11.3 Å². The number of hydrogen-bond acceptors (Lipinski definition) is 5. The van der Waals surface area contributed by atoms with Crippen molar-refractivity contribution in [1.29, 1.82) is 5.26 Å². The highest BCUT2D eigenvalue weighted by Crippen LogP contribution is 2.81. The molecule has 24 heavy (non-hydrogen) atoms. The van der Waals surface area contributed by atoms with E-state index in [4.69, 9.17) is 23.6 Å². The molecule has 7 heteroatoms. The van der Waals surface area contributed by atoms with Gasteiger partial charge < -0.3 is 0 Å². The zero-order valence-electron chi connectivity index (χ0n) is 12.6. The fraction of sp³-hybridized carbons (Fsp3) is 0.0588. The minimum absolute atomic E-state index is 0.631. The first-order chi connectivity index (χ1) is 11.6. The van der Waals surface area contributed by atoms with Gasteiger partial charge in [-0.25, -0.2) is 4.85 Å². The average molecular weight is 405 g/mol. The summed E-state index contributed by atoms with van der Waals surface area (Å²) in [5, 5.41) is 8.90. The fourth-order valence-electron chi connectivity index (χ4n) is 1.65. The molecule has 0 amide bonds. The van der Waals surface area contributed by atoms with Crippen LogP contribution in [0.15, 0.2) is 71.0 Å². The van der Waals surface area contributed by atoms with Crippen LogP contribution in [0.2, 0.25) is 0 Å². The summed E-state index contributed by atoms with van der Waals surface area (Å²) < 4.78 is -1.88. The van der Waals surface area contributed by atoms with Crippen molar-refractivity contribution in [2.45, 2.75) is 9.79 Å². The van der Waals surface area contributed by atoms with Crippen LogP contribution >= 0.6 is 37.8 Å². The molecule has 0 N–H and O–H groups in total. The van der Waals surface area contributed by atoms with Crippen LogP contribution in [0.4, 0.5) is 5.69 Å². The summed E-state index contributed by atoms with van der Waals surface area (Å²) in [7, 11) is 0. The van der Waals surface area contributed by atoms with E-state index in [2.05, 4.69) is 17.5 Å². The van der Waals surface area contributed by atoms with Crippen molar-refractivity contribution < 1.29 is 0 Å². The van der Waals surface area contributed by atoms with Gasteiger partial charge in [-0.3, -0.25) is 0 Å². The number of nitriles is 1. The number of rotatable bonds is 7. The summed E-state index contributed by atoms with van der Waals surface area (Å²) in [6.45, 7) is 10.8. The molecule has 0 aliphatic carbocycles. The zero-order valence-corrected chi connectivity index (χ0v) is 16.7. The Morgan fingerprint density at radius 3 is 2.12 bits per heavy atom. The lowest BCUT2D eigenvalue weighted by atomic mass is 10.2. The van der Waals surface area contributed by atoms with Gasteiger partial charge in [0, 0.05) is 15.5 Å². The van der Waals surface area contributed by atoms with Gasteiger partial charge in [0.05, 0.1) is 18.2 Å². The largest absolute Gasteiger partial charge is 0.238 e. The van der Waals surface area contributed by atoms with E-state index >= 15 is 0 Å². The molecule has 0 fully saturated rings. The topological polar surface area (TPSA) is 28.1 Å². The van der Waals surface area contributed by atoms with Gasteiger partial charge >= 0.3 is 0 Å². The van der Waals surface area contributed by atoms with Gasteiger partial charge in [-0.15, -0.1) is 6.58 Å². The lowest BCUT2D eigenvalue weighted by molar-refractivity contribution is 1.42. The maximum atomic E-state index is 8.90. The summed E-state index contributed by atoms with van der Waals surface area (Å²) in [5.74, 6) is 0.799. The van der Waals surface area contributed by atoms with Crippen LogP contribution < -0.4 is 0 Å². The Balaban J connectivity index is 2.20. The van der Waals surface area contributed by atoms with E-state index in [0.717, 1.165) is 15.5 Å². The molecule has 0 heterocycles. The van der Waals surface area contributed by atoms with E-state index in [1.165, 1.54) is 0 Å². The molecule has 0 spiro atoms. The van der Waals surface area contributed by atoms with Gasteiger partial charge in [-0.1, -0.05) is 76.3 Å². The van der Waals surface area contributed by atoms with E-state index in [1.54, 1.807) is 34.1 Å². The van der Waals surface area contributed by atoms with Gasteiger partial charge in [0.2, 0.25) is 0 Å². The first kappa shape index (κ1) is 19.2. The molecule has 0 aliphatic rings. The lowest BCUT2D eigenvalue weighted by Gasteiger charge is -2.19. The van der Waals surface area contributed by atoms with Gasteiger partial charge in [0.25, 0.3) is 0 Å². The number of benzene rings is 2. The molecular weight excluding hydrogens is 391 g/mol. The minimum atomic E-state index is -1.88. The third-order valence-electron chi connectivity index (χ3n) is 2.73. The SMILES string of the molecule is [C-]#[N+]c1ccc(SP(=S)(SCC=C)Sc2ccc(C#N)cc2)cc1. The zero-order chi connectivity index (χ0) is 17.4. The second kappa shape index (κ2) is 9.37. The Bertz CT molecular complexity index is 769. The Kier molecular flexibility index (Phi) is 7.49. The smallest absolute Gasteiger partial charge is 0.187 e. The minimum Gasteiger partial charge on any atom is -0.238 e. The Morgan fingerprint density at radius 1 is 1.12 bits per heavy atom. The van der Waals surface area contributed by atoms with Crippen molar-refractivity contribution in [1.82, 2.24) is 0 Å². The first-order valence-corrected chi connectivity index (χ1v) is 14.0. The first-order valence-electron chi connectivity index (χ1n) is 6.81. The molecule has 2 aromatic rings. The Hall–Kier alpha value is -1.14.